The predicted molar refractivity (Wildman–Crippen MR) is 81.2 cm³/mol. The molecule has 0 bridgehead atoms. The van der Waals surface area contributed by atoms with Crippen LogP contribution in [0.4, 0.5) is 0 Å². The molecule has 1 aromatic heterocycles. The van der Waals surface area contributed by atoms with Crippen LogP contribution in [0, 0.1) is 0 Å². The van der Waals surface area contributed by atoms with E-state index < -0.39 is 0 Å². The van der Waals surface area contributed by atoms with E-state index in [0.29, 0.717) is 12.5 Å². The first kappa shape index (κ1) is 12.3. The lowest BCUT2D eigenvalue weighted by molar-refractivity contribution is 0.641. The van der Waals surface area contributed by atoms with E-state index >= 15 is 0 Å². The van der Waals surface area contributed by atoms with Crippen molar-refractivity contribution in [2.24, 2.45) is 5.73 Å². The van der Waals surface area contributed by atoms with E-state index in [2.05, 4.69) is 51.2 Å². The van der Waals surface area contributed by atoms with Gasteiger partial charge < -0.3 is 5.73 Å². The Morgan fingerprint density at radius 1 is 1.00 bits per heavy atom. The van der Waals surface area contributed by atoms with Crippen LogP contribution in [0.5, 0.6) is 0 Å². The highest BCUT2D eigenvalue weighted by Crippen LogP contribution is 2.39. The fraction of sp³-hybridized carbons (Fsp3) is 0.176. The molecule has 1 atom stereocenters. The molecule has 4 nitrogen and oxygen atoms in total. The van der Waals surface area contributed by atoms with Crippen molar-refractivity contribution in [2.75, 3.05) is 0 Å². The molecular formula is C17H16N4. The van der Waals surface area contributed by atoms with Gasteiger partial charge in [0.15, 0.2) is 5.82 Å². The summed E-state index contributed by atoms with van der Waals surface area (Å²) in [5, 5.41) is 8.69. The molecule has 21 heavy (non-hydrogen) atoms. The van der Waals surface area contributed by atoms with Crippen LogP contribution in [-0.4, -0.2) is 14.8 Å². The Bertz CT molecular complexity index is 776. The number of nitrogens with two attached hydrogens (primary N) is 1. The summed E-state index contributed by atoms with van der Waals surface area (Å²) in [5.41, 5.74) is 9.66. The third-order valence-electron chi connectivity index (χ3n) is 4.12. The zero-order chi connectivity index (χ0) is 14.2. The molecule has 1 heterocycles. The van der Waals surface area contributed by atoms with E-state index in [1.165, 1.54) is 11.1 Å². The second kappa shape index (κ2) is 4.82. The van der Waals surface area contributed by atoms with E-state index in [0.717, 1.165) is 23.8 Å². The van der Waals surface area contributed by atoms with Gasteiger partial charge >= 0.3 is 0 Å². The summed E-state index contributed by atoms with van der Waals surface area (Å²) < 4.78 is 2.10. The number of benzene rings is 2. The maximum Gasteiger partial charge on any atom is 0.151 e. The zero-order valence-electron chi connectivity index (χ0n) is 11.6. The summed E-state index contributed by atoms with van der Waals surface area (Å²) in [5.74, 6) is 2.11. The van der Waals surface area contributed by atoms with Crippen LogP contribution in [0.2, 0.25) is 0 Å². The molecule has 0 saturated heterocycles. The Hall–Kier alpha value is -2.46. The molecule has 0 aliphatic heterocycles. The second-order valence-electron chi connectivity index (χ2n) is 5.31. The minimum absolute atomic E-state index is 0.314. The molecule has 2 N–H and O–H groups in total. The number of hydrogen-bond acceptors (Lipinski definition) is 3. The van der Waals surface area contributed by atoms with Crippen molar-refractivity contribution < 1.29 is 0 Å². The van der Waals surface area contributed by atoms with E-state index in [9.17, 15) is 0 Å². The molecule has 2 aromatic carbocycles. The minimum atomic E-state index is 0.314. The van der Waals surface area contributed by atoms with Gasteiger partial charge in [-0.15, -0.1) is 10.2 Å². The molecule has 1 unspecified atom stereocenters. The summed E-state index contributed by atoms with van der Waals surface area (Å²) in [4.78, 5) is 0. The fourth-order valence-electron chi connectivity index (χ4n) is 3.04. The SMILES string of the molecule is NCc1nnc(C2Cc3ccccc32)n1-c1ccccc1. The summed E-state index contributed by atoms with van der Waals surface area (Å²) in [6, 6.07) is 18.7. The van der Waals surface area contributed by atoms with E-state index in [-0.39, 0.29) is 0 Å². The molecule has 104 valence electrons. The topological polar surface area (TPSA) is 56.7 Å². The van der Waals surface area contributed by atoms with Gasteiger partial charge in [0.2, 0.25) is 0 Å². The molecular weight excluding hydrogens is 260 g/mol. The van der Waals surface area contributed by atoms with Gasteiger partial charge in [-0.1, -0.05) is 42.5 Å². The van der Waals surface area contributed by atoms with E-state index in [4.69, 9.17) is 5.73 Å². The second-order valence-corrected chi connectivity index (χ2v) is 5.31. The van der Waals surface area contributed by atoms with Crippen LogP contribution in [0.15, 0.2) is 54.6 Å². The predicted octanol–water partition coefficient (Wildman–Crippen LogP) is 2.41. The number of hydrogen-bond donors (Lipinski definition) is 1. The Labute approximate surface area is 123 Å². The lowest BCUT2D eigenvalue weighted by Crippen LogP contribution is -2.22. The lowest BCUT2D eigenvalue weighted by atomic mass is 9.77. The largest absolute Gasteiger partial charge is 0.324 e. The molecule has 0 spiro atoms. The first-order valence-electron chi connectivity index (χ1n) is 7.16. The van der Waals surface area contributed by atoms with Crippen LogP contribution in [0.1, 0.15) is 28.7 Å². The molecule has 0 saturated carbocycles. The van der Waals surface area contributed by atoms with E-state index in [1.54, 1.807) is 0 Å². The van der Waals surface area contributed by atoms with Crippen molar-refractivity contribution in [3.8, 4) is 5.69 Å². The van der Waals surface area contributed by atoms with Gasteiger partial charge in [-0.05, 0) is 29.7 Å². The number of rotatable bonds is 3. The minimum Gasteiger partial charge on any atom is -0.324 e. The lowest BCUT2D eigenvalue weighted by Gasteiger charge is -2.29. The molecule has 3 aromatic rings. The van der Waals surface area contributed by atoms with Crippen LogP contribution in [0.25, 0.3) is 5.69 Å². The van der Waals surface area contributed by atoms with Crippen LogP contribution in [-0.2, 0) is 13.0 Å². The number of para-hydroxylation sites is 1. The first-order valence-corrected chi connectivity index (χ1v) is 7.16. The van der Waals surface area contributed by atoms with Gasteiger partial charge in [0.05, 0.1) is 6.54 Å². The molecule has 0 fully saturated rings. The van der Waals surface area contributed by atoms with Gasteiger partial charge in [0.25, 0.3) is 0 Å². The van der Waals surface area contributed by atoms with Crippen LogP contribution in [0.3, 0.4) is 0 Å². The Balaban J connectivity index is 1.83. The average Bonchev–Trinajstić information content (AvgIpc) is 2.93. The summed E-state index contributed by atoms with van der Waals surface area (Å²) in [7, 11) is 0. The van der Waals surface area contributed by atoms with Crippen LogP contribution >= 0.6 is 0 Å². The van der Waals surface area contributed by atoms with Crippen molar-refractivity contribution >= 4 is 0 Å². The van der Waals surface area contributed by atoms with Gasteiger partial charge in [0, 0.05) is 11.6 Å². The number of fused-ring (bicyclic) bond motifs is 1. The van der Waals surface area contributed by atoms with Crippen molar-refractivity contribution in [1.82, 2.24) is 14.8 Å². The summed E-state index contributed by atoms with van der Waals surface area (Å²) >= 11 is 0. The zero-order valence-corrected chi connectivity index (χ0v) is 11.6. The third kappa shape index (κ3) is 1.87. The summed E-state index contributed by atoms with van der Waals surface area (Å²) in [6.45, 7) is 0.385. The third-order valence-corrected chi connectivity index (χ3v) is 4.12. The normalized spacial score (nSPS) is 16.3. The Morgan fingerprint density at radius 2 is 1.76 bits per heavy atom. The smallest absolute Gasteiger partial charge is 0.151 e. The monoisotopic (exact) mass is 276 g/mol. The summed E-state index contributed by atoms with van der Waals surface area (Å²) in [6.07, 6.45) is 1.02. The van der Waals surface area contributed by atoms with Gasteiger partial charge in [-0.3, -0.25) is 4.57 Å². The fourth-order valence-corrected chi connectivity index (χ4v) is 3.04. The maximum atomic E-state index is 5.83. The average molecular weight is 276 g/mol. The molecule has 0 amide bonds. The Morgan fingerprint density at radius 3 is 2.52 bits per heavy atom. The number of nitrogens with zero attached hydrogens (tertiary/aromatic N) is 3. The van der Waals surface area contributed by atoms with Gasteiger partial charge in [-0.25, -0.2) is 0 Å². The highest BCUT2D eigenvalue weighted by molar-refractivity contribution is 5.46. The van der Waals surface area contributed by atoms with Gasteiger partial charge in [-0.2, -0.15) is 0 Å². The van der Waals surface area contributed by atoms with Crippen molar-refractivity contribution in [1.29, 1.82) is 0 Å². The van der Waals surface area contributed by atoms with Crippen molar-refractivity contribution in [3.63, 3.8) is 0 Å². The molecule has 4 rings (SSSR count). The highest BCUT2D eigenvalue weighted by Gasteiger charge is 2.32. The van der Waals surface area contributed by atoms with Crippen molar-refractivity contribution in [3.05, 3.63) is 77.4 Å². The standard InChI is InChI=1S/C17H16N4/c18-11-16-19-20-17(21(16)13-7-2-1-3-8-13)15-10-12-6-4-5-9-14(12)15/h1-9,15H,10-11,18H2. The quantitative estimate of drug-likeness (QED) is 0.799. The Kier molecular flexibility index (Phi) is 2.82. The molecule has 1 aliphatic carbocycles. The van der Waals surface area contributed by atoms with Crippen molar-refractivity contribution in [2.45, 2.75) is 18.9 Å². The first-order chi connectivity index (χ1) is 10.4. The molecule has 0 radical (unpaired) electrons. The highest BCUT2D eigenvalue weighted by atomic mass is 15.3. The van der Waals surface area contributed by atoms with Crippen LogP contribution < -0.4 is 5.73 Å². The molecule has 1 aliphatic rings. The maximum absolute atomic E-state index is 5.83. The van der Waals surface area contributed by atoms with Gasteiger partial charge in [0.1, 0.15) is 5.82 Å². The molecule has 4 heteroatoms. The number of aromatic nitrogens is 3. The van der Waals surface area contributed by atoms with E-state index in [1.807, 2.05) is 18.2 Å².